The molecule has 3 nitrogen and oxygen atoms in total. The zero-order valence-corrected chi connectivity index (χ0v) is 12.4. The van der Waals surface area contributed by atoms with E-state index in [9.17, 15) is 0 Å². The third-order valence-electron chi connectivity index (χ3n) is 2.74. The van der Waals surface area contributed by atoms with E-state index >= 15 is 0 Å². The van der Waals surface area contributed by atoms with Crippen LogP contribution in [0, 0.1) is 0 Å². The van der Waals surface area contributed by atoms with Crippen LogP contribution in [-0.4, -0.2) is 31.1 Å². The van der Waals surface area contributed by atoms with E-state index < -0.39 is 0 Å². The van der Waals surface area contributed by atoms with Crippen LogP contribution in [0.1, 0.15) is 30.9 Å². The zero-order valence-electron chi connectivity index (χ0n) is 11.6. The van der Waals surface area contributed by atoms with E-state index in [1.165, 1.54) is 11.1 Å². The minimum Gasteiger partial charge on any atom is -1.00 e. The highest BCUT2D eigenvalue weighted by Crippen LogP contribution is 2.14. The maximum atomic E-state index is 5.76. The molecule has 0 heterocycles. The quantitative estimate of drug-likeness (QED) is 0.422. The Kier molecular flexibility index (Phi) is 7.64. The lowest BCUT2D eigenvalue weighted by Gasteiger charge is -2.07. The summed E-state index contributed by atoms with van der Waals surface area (Å²) in [5.41, 5.74) is 8.30. The summed E-state index contributed by atoms with van der Waals surface area (Å²) in [6.07, 6.45) is 0. The number of ether oxygens (including phenoxy) is 1. The normalized spacial score (nSPS) is 10.1. The molecule has 2 N–H and O–H groups in total. The lowest BCUT2D eigenvalue weighted by Crippen LogP contribution is -3.00. The molecule has 0 spiro atoms. The van der Waals surface area contributed by atoms with Gasteiger partial charge in [0.25, 0.3) is 5.84 Å². The van der Waals surface area contributed by atoms with Crippen molar-refractivity contribution in [3.8, 4) is 0 Å². The Morgan fingerprint density at radius 3 is 2.22 bits per heavy atom. The fraction of sp³-hybridized carbons (Fsp3) is 0.500. The molecule has 0 aromatic heterocycles. The van der Waals surface area contributed by atoms with Crippen molar-refractivity contribution in [1.29, 1.82) is 0 Å². The standard InChI is InChI=1S/C14H22N2O.ClH/c1-11(2)13-7-5-12(6-8-13)9-17-10-14(15)16(3)4;/h5-8,11,15H,9-10H2,1-4H3;1H. The smallest absolute Gasteiger partial charge is 0.268 e. The Morgan fingerprint density at radius 2 is 1.78 bits per heavy atom. The van der Waals surface area contributed by atoms with E-state index in [1.807, 2.05) is 18.7 Å². The van der Waals surface area contributed by atoms with E-state index in [1.54, 1.807) is 0 Å². The van der Waals surface area contributed by atoms with Gasteiger partial charge in [-0.3, -0.25) is 10.3 Å². The van der Waals surface area contributed by atoms with Crippen LogP contribution in [0.5, 0.6) is 0 Å². The van der Waals surface area contributed by atoms with Crippen LogP contribution in [0.2, 0.25) is 0 Å². The Bertz CT molecular complexity index is 381. The fourth-order valence-corrected chi connectivity index (χ4v) is 1.40. The van der Waals surface area contributed by atoms with Gasteiger partial charge in [-0.1, -0.05) is 38.1 Å². The molecule has 0 bridgehead atoms. The van der Waals surface area contributed by atoms with Crippen molar-refractivity contribution in [2.24, 2.45) is 5.73 Å². The number of nitrogens with two attached hydrogens (primary N) is 1. The summed E-state index contributed by atoms with van der Waals surface area (Å²) in [6.45, 7) is 5.46. The third-order valence-corrected chi connectivity index (χ3v) is 2.74. The summed E-state index contributed by atoms with van der Waals surface area (Å²) < 4.78 is 7.40. The van der Waals surface area contributed by atoms with E-state index in [0.717, 1.165) is 5.84 Å². The number of nitrogens with zero attached hydrogens (tertiary/aromatic N) is 1. The van der Waals surface area contributed by atoms with Crippen molar-refractivity contribution < 1.29 is 21.7 Å². The van der Waals surface area contributed by atoms with Gasteiger partial charge in [0, 0.05) is 0 Å². The summed E-state index contributed by atoms with van der Waals surface area (Å²) in [6, 6.07) is 8.53. The van der Waals surface area contributed by atoms with Crippen LogP contribution in [0.4, 0.5) is 0 Å². The molecule has 0 amide bonds. The van der Waals surface area contributed by atoms with Gasteiger partial charge in [0.1, 0.15) is 6.61 Å². The van der Waals surface area contributed by atoms with Crippen LogP contribution in [0.25, 0.3) is 0 Å². The highest BCUT2D eigenvalue weighted by atomic mass is 35.5. The maximum Gasteiger partial charge on any atom is 0.268 e. The minimum atomic E-state index is 0. The molecule has 0 aliphatic heterocycles. The van der Waals surface area contributed by atoms with E-state index in [-0.39, 0.29) is 12.4 Å². The summed E-state index contributed by atoms with van der Waals surface area (Å²) in [5, 5.41) is 0. The van der Waals surface area contributed by atoms with Crippen molar-refractivity contribution in [2.45, 2.75) is 26.4 Å². The Morgan fingerprint density at radius 1 is 1.22 bits per heavy atom. The number of hydrogen-bond acceptors (Lipinski definition) is 1. The second-order valence-electron chi connectivity index (χ2n) is 4.77. The molecule has 4 heteroatoms. The van der Waals surface area contributed by atoms with Crippen molar-refractivity contribution in [1.82, 2.24) is 0 Å². The molecule has 18 heavy (non-hydrogen) atoms. The van der Waals surface area contributed by atoms with Gasteiger partial charge >= 0.3 is 0 Å². The van der Waals surface area contributed by atoms with Gasteiger partial charge in [-0.2, -0.15) is 0 Å². The van der Waals surface area contributed by atoms with Gasteiger partial charge in [-0.25, -0.2) is 0 Å². The molecule has 0 saturated carbocycles. The highest BCUT2D eigenvalue weighted by molar-refractivity contribution is 5.76. The Balaban J connectivity index is 0.00000289. The van der Waals surface area contributed by atoms with Crippen molar-refractivity contribution >= 4 is 5.84 Å². The Labute approximate surface area is 116 Å². The molecule has 0 aliphatic rings. The average molecular weight is 271 g/mol. The van der Waals surface area contributed by atoms with Gasteiger partial charge in [0.2, 0.25) is 0 Å². The molecule has 1 aromatic carbocycles. The summed E-state index contributed by atoms with van der Waals surface area (Å²) in [4.78, 5) is 0. The van der Waals surface area contributed by atoms with Gasteiger partial charge in [-0.15, -0.1) is 0 Å². The molecule has 0 radical (unpaired) electrons. The molecule has 0 aliphatic carbocycles. The lowest BCUT2D eigenvalue weighted by atomic mass is 10.0. The first-order valence-corrected chi connectivity index (χ1v) is 5.96. The van der Waals surface area contributed by atoms with Gasteiger partial charge < -0.3 is 17.1 Å². The molecule has 0 saturated heterocycles. The SMILES string of the molecule is CC(C)c1ccc(COCC(N)=[N+](C)C)cc1.[Cl-]. The topological polar surface area (TPSA) is 38.3 Å². The first kappa shape index (κ1) is 16.9. The maximum absolute atomic E-state index is 5.76. The molecule has 0 fully saturated rings. The number of rotatable bonds is 5. The average Bonchev–Trinajstić information content (AvgIpc) is 2.29. The first-order valence-electron chi connectivity index (χ1n) is 5.96. The largest absolute Gasteiger partial charge is 1.00 e. The molecule has 102 valence electrons. The van der Waals surface area contributed by atoms with Crippen molar-refractivity contribution in [2.75, 3.05) is 20.7 Å². The summed E-state index contributed by atoms with van der Waals surface area (Å²) >= 11 is 0. The van der Waals surface area contributed by atoms with Crippen LogP contribution in [0.3, 0.4) is 0 Å². The number of amidine groups is 1. The van der Waals surface area contributed by atoms with Crippen molar-refractivity contribution in [3.63, 3.8) is 0 Å². The van der Waals surface area contributed by atoms with Gasteiger partial charge in [0.15, 0.2) is 0 Å². The van der Waals surface area contributed by atoms with E-state index in [0.29, 0.717) is 19.1 Å². The van der Waals surface area contributed by atoms with Crippen LogP contribution in [0.15, 0.2) is 24.3 Å². The molecule has 1 rings (SSSR count). The fourth-order valence-electron chi connectivity index (χ4n) is 1.40. The van der Waals surface area contributed by atoms with Crippen LogP contribution < -0.4 is 18.1 Å². The van der Waals surface area contributed by atoms with Gasteiger partial charge in [-0.05, 0) is 17.0 Å². The second kappa shape index (κ2) is 8.11. The Hall–Kier alpha value is -1.06. The van der Waals surface area contributed by atoms with E-state index in [4.69, 9.17) is 10.5 Å². The first-order chi connectivity index (χ1) is 8.00. The second-order valence-corrected chi connectivity index (χ2v) is 4.77. The number of hydrogen-bond donors (Lipinski definition) is 1. The minimum absolute atomic E-state index is 0. The molecule has 0 unspecified atom stereocenters. The highest BCUT2D eigenvalue weighted by Gasteiger charge is 2.02. The summed E-state index contributed by atoms with van der Waals surface area (Å²) in [5.74, 6) is 1.31. The van der Waals surface area contributed by atoms with Gasteiger partial charge in [0.05, 0.1) is 20.7 Å². The number of benzene rings is 1. The zero-order chi connectivity index (χ0) is 12.8. The van der Waals surface area contributed by atoms with Crippen LogP contribution >= 0.6 is 0 Å². The summed E-state index contributed by atoms with van der Waals surface area (Å²) in [7, 11) is 3.83. The molecule has 0 atom stereocenters. The molecule has 1 aromatic rings. The van der Waals surface area contributed by atoms with E-state index in [2.05, 4.69) is 38.1 Å². The van der Waals surface area contributed by atoms with Crippen LogP contribution in [-0.2, 0) is 11.3 Å². The molecular formula is C14H23ClN2O. The lowest BCUT2D eigenvalue weighted by molar-refractivity contribution is -0.467. The molecular weight excluding hydrogens is 248 g/mol. The predicted octanol–water partition coefficient (Wildman–Crippen LogP) is -1.04. The third kappa shape index (κ3) is 5.52. The number of halogens is 1. The monoisotopic (exact) mass is 270 g/mol. The van der Waals surface area contributed by atoms with Crippen molar-refractivity contribution in [3.05, 3.63) is 35.4 Å². The predicted molar refractivity (Wildman–Crippen MR) is 71.5 cm³/mol.